The van der Waals surface area contributed by atoms with Gasteiger partial charge in [0.15, 0.2) is 5.58 Å². The molecule has 0 bridgehead atoms. The number of ether oxygens (including phenoxy) is 1. The van der Waals surface area contributed by atoms with Gasteiger partial charge < -0.3 is 24.0 Å². The molecule has 0 saturated heterocycles. The van der Waals surface area contributed by atoms with Gasteiger partial charge in [-0.2, -0.15) is 0 Å². The maximum absolute atomic E-state index is 11.9. The van der Waals surface area contributed by atoms with Crippen LogP contribution in [-0.4, -0.2) is 23.2 Å². The molecule has 0 radical (unpaired) electrons. The van der Waals surface area contributed by atoms with Gasteiger partial charge in [0, 0.05) is 11.8 Å². The number of oxazole rings is 1. The number of benzene rings is 1. The lowest BCUT2D eigenvalue weighted by Gasteiger charge is -2.01. The number of amides is 1. The summed E-state index contributed by atoms with van der Waals surface area (Å²) in [4.78, 5) is 15.1. The van der Waals surface area contributed by atoms with Gasteiger partial charge in [-0.15, -0.1) is 0 Å². The molecule has 2 heterocycles. The minimum Gasteiger partial charge on any atom is -0.479 e. The molecule has 0 fully saturated rings. The van der Waals surface area contributed by atoms with Gasteiger partial charge in [-0.1, -0.05) is 0 Å². The van der Waals surface area contributed by atoms with Crippen LogP contribution in [0, 0.1) is 4.84 Å². The second-order valence-electron chi connectivity index (χ2n) is 3.91. The third kappa shape index (κ3) is 2.28. The molecule has 102 valence electrons. The van der Waals surface area contributed by atoms with E-state index in [1.807, 2.05) is 0 Å². The SMILES string of the molecule is COc1cc(C(=O)Nc2ccc3[nH]c(=S)oc3c2)on1. The second kappa shape index (κ2) is 4.82. The van der Waals surface area contributed by atoms with Crippen molar-refractivity contribution in [2.45, 2.75) is 0 Å². The van der Waals surface area contributed by atoms with Gasteiger partial charge in [0.1, 0.15) is 0 Å². The predicted molar refractivity (Wildman–Crippen MR) is 72.4 cm³/mol. The second-order valence-corrected chi connectivity index (χ2v) is 4.28. The zero-order valence-electron chi connectivity index (χ0n) is 10.3. The Balaban J connectivity index is 1.84. The summed E-state index contributed by atoms with van der Waals surface area (Å²) in [5, 5.41) is 6.22. The van der Waals surface area contributed by atoms with Gasteiger partial charge in [0.25, 0.3) is 16.6 Å². The molecule has 1 aromatic carbocycles. The zero-order chi connectivity index (χ0) is 14.1. The molecule has 0 spiro atoms. The first-order valence-corrected chi connectivity index (χ1v) is 6.01. The first-order valence-electron chi connectivity index (χ1n) is 5.60. The fourth-order valence-electron chi connectivity index (χ4n) is 1.68. The normalized spacial score (nSPS) is 10.7. The van der Waals surface area contributed by atoms with Crippen molar-refractivity contribution in [1.82, 2.24) is 10.1 Å². The van der Waals surface area contributed by atoms with Crippen LogP contribution < -0.4 is 10.1 Å². The van der Waals surface area contributed by atoms with E-state index in [1.54, 1.807) is 18.2 Å². The Morgan fingerprint density at radius 2 is 2.30 bits per heavy atom. The standard InChI is InChI=1S/C12H9N3O4S/c1-17-10-5-9(19-15-10)11(16)13-6-2-3-7-8(4-6)18-12(20)14-7/h2-5H,1H3,(H,13,16)(H,14,20). The minimum absolute atomic E-state index is 0.0527. The number of fused-ring (bicyclic) bond motifs is 1. The molecule has 0 atom stereocenters. The number of H-pyrrole nitrogens is 1. The smallest absolute Gasteiger partial charge is 0.294 e. The molecule has 0 aliphatic rings. The maximum Gasteiger partial charge on any atom is 0.294 e. The van der Waals surface area contributed by atoms with Crippen molar-refractivity contribution < 1.29 is 18.5 Å². The van der Waals surface area contributed by atoms with Crippen LogP contribution in [0.3, 0.4) is 0 Å². The lowest BCUT2D eigenvalue weighted by Crippen LogP contribution is -2.10. The number of rotatable bonds is 3. The summed E-state index contributed by atoms with van der Waals surface area (Å²) in [6, 6.07) is 6.53. The fraction of sp³-hybridized carbons (Fsp3) is 0.0833. The Hall–Kier alpha value is -2.61. The Morgan fingerprint density at radius 3 is 3.05 bits per heavy atom. The van der Waals surface area contributed by atoms with Crippen molar-refractivity contribution >= 4 is 34.9 Å². The quantitative estimate of drug-likeness (QED) is 0.721. The number of nitrogens with one attached hydrogen (secondary N) is 2. The highest BCUT2D eigenvalue weighted by Gasteiger charge is 2.14. The minimum atomic E-state index is -0.436. The van der Waals surface area contributed by atoms with Crippen LogP contribution in [0.25, 0.3) is 11.1 Å². The molecular formula is C12H9N3O4S. The number of carbonyl (C=O) groups excluding carboxylic acids is 1. The van der Waals surface area contributed by atoms with Crippen molar-refractivity contribution in [2.75, 3.05) is 12.4 Å². The molecular weight excluding hydrogens is 282 g/mol. The Morgan fingerprint density at radius 1 is 1.45 bits per heavy atom. The number of anilines is 1. The van der Waals surface area contributed by atoms with Crippen LogP contribution >= 0.6 is 12.2 Å². The lowest BCUT2D eigenvalue weighted by atomic mass is 10.3. The molecule has 0 saturated carbocycles. The number of hydrogen-bond donors (Lipinski definition) is 2. The number of aromatic nitrogens is 2. The molecule has 2 aromatic heterocycles. The summed E-state index contributed by atoms with van der Waals surface area (Å²) < 4.78 is 15.0. The number of hydrogen-bond acceptors (Lipinski definition) is 6. The van der Waals surface area contributed by atoms with E-state index in [0.29, 0.717) is 11.3 Å². The third-order valence-electron chi connectivity index (χ3n) is 2.60. The van der Waals surface area contributed by atoms with Crippen molar-refractivity contribution in [2.24, 2.45) is 0 Å². The van der Waals surface area contributed by atoms with E-state index in [9.17, 15) is 4.79 Å². The van der Waals surface area contributed by atoms with Crippen LogP contribution in [0.5, 0.6) is 5.88 Å². The Labute approximate surface area is 117 Å². The highest BCUT2D eigenvalue weighted by Crippen LogP contribution is 2.20. The summed E-state index contributed by atoms with van der Waals surface area (Å²) in [5.74, 6) is -0.145. The maximum atomic E-state index is 11.9. The Bertz CT molecular complexity index is 832. The largest absolute Gasteiger partial charge is 0.479 e. The predicted octanol–water partition coefficient (Wildman–Crippen LogP) is 2.74. The average Bonchev–Trinajstić information content (AvgIpc) is 3.03. The van der Waals surface area contributed by atoms with Crippen LogP contribution in [0.4, 0.5) is 5.69 Å². The van der Waals surface area contributed by atoms with Gasteiger partial charge in [-0.3, -0.25) is 4.79 Å². The summed E-state index contributed by atoms with van der Waals surface area (Å²) >= 11 is 4.89. The van der Waals surface area contributed by atoms with Crippen LogP contribution in [-0.2, 0) is 0 Å². The van der Waals surface area contributed by atoms with Gasteiger partial charge >= 0.3 is 0 Å². The number of aromatic amines is 1. The molecule has 2 N–H and O–H groups in total. The lowest BCUT2D eigenvalue weighted by molar-refractivity contribution is 0.0987. The van der Waals surface area contributed by atoms with Crippen LogP contribution in [0.2, 0.25) is 0 Å². The van der Waals surface area contributed by atoms with E-state index in [-0.39, 0.29) is 16.5 Å². The first-order chi connectivity index (χ1) is 9.65. The monoisotopic (exact) mass is 291 g/mol. The molecule has 8 heteroatoms. The third-order valence-corrected chi connectivity index (χ3v) is 2.79. The first kappa shape index (κ1) is 12.4. The summed E-state index contributed by atoms with van der Waals surface area (Å²) in [6.45, 7) is 0. The average molecular weight is 291 g/mol. The van der Waals surface area contributed by atoms with Gasteiger partial charge in [0.2, 0.25) is 5.76 Å². The molecule has 7 nitrogen and oxygen atoms in total. The highest BCUT2D eigenvalue weighted by molar-refractivity contribution is 7.71. The van der Waals surface area contributed by atoms with Gasteiger partial charge in [0.05, 0.1) is 18.7 Å². The Kier molecular flexibility index (Phi) is 2.99. The van der Waals surface area contributed by atoms with Crippen molar-refractivity contribution in [1.29, 1.82) is 0 Å². The van der Waals surface area contributed by atoms with Crippen LogP contribution in [0.15, 0.2) is 33.2 Å². The molecule has 3 rings (SSSR count). The van der Waals surface area contributed by atoms with E-state index in [0.717, 1.165) is 5.52 Å². The zero-order valence-corrected chi connectivity index (χ0v) is 11.1. The molecule has 0 unspecified atom stereocenters. The van der Waals surface area contributed by atoms with Crippen LogP contribution in [0.1, 0.15) is 10.6 Å². The molecule has 1 amide bonds. The van der Waals surface area contributed by atoms with Crippen molar-refractivity contribution in [3.05, 3.63) is 34.9 Å². The number of carbonyl (C=O) groups is 1. The summed E-state index contributed by atoms with van der Waals surface area (Å²) in [5.41, 5.74) is 1.87. The van der Waals surface area contributed by atoms with Gasteiger partial charge in [-0.25, -0.2) is 0 Å². The molecule has 3 aromatic rings. The topological polar surface area (TPSA) is 93.3 Å². The van der Waals surface area contributed by atoms with Crippen molar-refractivity contribution in [3.8, 4) is 5.88 Å². The summed E-state index contributed by atoms with van der Waals surface area (Å²) in [7, 11) is 1.44. The fourth-order valence-corrected chi connectivity index (χ4v) is 1.88. The van der Waals surface area contributed by atoms with E-state index in [2.05, 4.69) is 15.5 Å². The summed E-state index contributed by atoms with van der Waals surface area (Å²) in [6.07, 6.45) is 0. The molecule has 0 aliphatic heterocycles. The van der Waals surface area contributed by atoms with Crippen molar-refractivity contribution in [3.63, 3.8) is 0 Å². The van der Waals surface area contributed by atoms with E-state index >= 15 is 0 Å². The van der Waals surface area contributed by atoms with Gasteiger partial charge in [-0.05, 0) is 29.5 Å². The van der Waals surface area contributed by atoms with E-state index in [1.165, 1.54) is 13.2 Å². The van der Waals surface area contributed by atoms with E-state index < -0.39 is 5.91 Å². The molecule has 20 heavy (non-hydrogen) atoms. The number of methoxy groups -OCH3 is 1. The number of nitrogens with zero attached hydrogens (tertiary/aromatic N) is 1. The molecule has 0 aliphatic carbocycles. The highest BCUT2D eigenvalue weighted by atomic mass is 32.1. The van der Waals surface area contributed by atoms with E-state index in [4.69, 9.17) is 25.9 Å².